The van der Waals surface area contributed by atoms with Gasteiger partial charge in [0.25, 0.3) is 0 Å². The minimum absolute atomic E-state index is 0.0410. The summed E-state index contributed by atoms with van der Waals surface area (Å²) in [6, 6.07) is 7.26. The lowest BCUT2D eigenvalue weighted by Gasteiger charge is -2.57. The molecule has 2 amide bonds. The summed E-state index contributed by atoms with van der Waals surface area (Å²) in [6.45, 7) is 10.5. The molecule has 4 aliphatic rings. The number of morpholine rings is 1. The molecule has 1 aromatic carbocycles. The third kappa shape index (κ3) is 4.62. The summed E-state index contributed by atoms with van der Waals surface area (Å²) < 4.78 is 5.45. The van der Waals surface area contributed by atoms with E-state index in [4.69, 9.17) is 16.3 Å². The molecule has 5 rings (SSSR count). The van der Waals surface area contributed by atoms with Crippen LogP contribution in [0.2, 0.25) is 5.02 Å². The number of hydrogen-bond donors (Lipinski definition) is 1. The van der Waals surface area contributed by atoms with Crippen molar-refractivity contribution >= 4 is 23.3 Å². The first-order valence-electron chi connectivity index (χ1n) is 10.7. The molecule has 29 heavy (non-hydrogen) atoms. The molecule has 2 fully saturated rings. The normalized spacial score (nSPS) is 25.7. The van der Waals surface area contributed by atoms with Crippen LogP contribution in [0.1, 0.15) is 26.7 Å². The summed E-state index contributed by atoms with van der Waals surface area (Å²) in [5, 5.41) is 3.72. The molecular weight excluding hydrogens is 386 g/mol. The molecule has 158 valence electrons. The van der Waals surface area contributed by atoms with Crippen LogP contribution < -0.4 is 5.32 Å². The lowest BCUT2D eigenvalue weighted by Crippen LogP contribution is -2.51. The molecule has 2 bridgehead atoms. The number of allylic oxidation sites excluding steroid dienone is 1. The van der Waals surface area contributed by atoms with Gasteiger partial charge in [-0.15, -0.1) is 0 Å². The van der Waals surface area contributed by atoms with Gasteiger partial charge in [0.1, 0.15) is 0 Å². The van der Waals surface area contributed by atoms with E-state index >= 15 is 0 Å². The van der Waals surface area contributed by atoms with Gasteiger partial charge in [-0.25, -0.2) is 4.79 Å². The average molecular weight is 418 g/mol. The Labute approximate surface area is 179 Å². The van der Waals surface area contributed by atoms with Gasteiger partial charge >= 0.3 is 6.03 Å². The second kappa shape index (κ2) is 8.66. The summed E-state index contributed by atoms with van der Waals surface area (Å²) in [6.07, 6.45) is 4.81. The first-order chi connectivity index (χ1) is 13.9. The maximum absolute atomic E-state index is 13.1. The van der Waals surface area contributed by atoms with Gasteiger partial charge < -0.3 is 15.0 Å². The van der Waals surface area contributed by atoms with E-state index in [2.05, 4.69) is 30.1 Å². The zero-order chi connectivity index (χ0) is 20.4. The van der Waals surface area contributed by atoms with E-state index in [-0.39, 0.29) is 6.03 Å². The van der Waals surface area contributed by atoms with Crippen molar-refractivity contribution in [3.63, 3.8) is 0 Å². The molecule has 1 N–H and O–H groups in total. The molecule has 2 atom stereocenters. The molecule has 0 radical (unpaired) electrons. The number of carbonyl (C=O) groups is 1. The Balaban J connectivity index is 1.43. The zero-order valence-electron chi connectivity index (χ0n) is 17.5. The van der Waals surface area contributed by atoms with Crippen molar-refractivity contribution in [1.82, 2.24) is 9.80 Å². The first kappa shape index (κ1) is 20.7. The molecule has 6 heteroatoms. The van der Waals surface area contributed by atoms with Gasteiger partial charge in [-0.2, -0.15) is 0 Å². The average Bonchev–Trinajstić information content (AvgIpc) is 2.73. The van der Waals surface area contributed by atoms with Crippen LogP contribution in [0.15, 0.2) is 35.9 Å². The van der Waals surface area contributed by atoms with Crippen LogP contribution in [0, 0.1) is 17.3 Å². The van der Waals surface area contributed by atoms with Crippen molar-refractivity contribution < 1.29 is 9.53 Å². The van der Waals surface area contributed by atoms with Gasteiger partial charge in [-0.05, 0) is 54.4 Å². The number of rotatable bonds is 6. The quantitative estimate of drug-likeness (QED) is 0.693. The molecule has 1 aromatic rings. The number of fused-ring (bicyclic) bond motifs is 1. The maximum atomic E-state index is 13.1. The van der Waals surface area contributed by atoms with Crippen molar-refractivity contribution in [3.8, 4) is 0 Å². The molecule has 0 aromatic heterocycles. The Kier molecular flexibility index (Phi) is 6.19. The predicted molar refractivity (Wildman–Crippen MR) is 117 cm³/mol. The number of amides is 2. The third-order valence-corrected chi connectivity index (χ3v) is 7.38. The second-order valence-electron chi connectivity index (χ2n) is 9.13. The Bertz CT molecular complexity index is 756. The van der Waals surface area contributed by atoms with E-state index in [9.17, 15) is 4.79 Å². The highest BCUT2D eigenvalue weighted by atomic mass is 35.5. The molecule has 1 aliphatic heterocycles. The van der Waals surface area contributed by atoms with Gasteiger partial charge in [0, 0.05) is 43.4 Å². The Hall–Kier alpha value is -1.56. The van der Waals surface area contributed by atoms with E-state index in [0.29, 0.717) is 29.4 Å². The molecule has 2 unspecified atom stereocenters. The number of carbonyl (C=O) groups excluding carboxylic acids is 1. The molecule has 3 aliphatic carbocycles. The predicted octanol–water partition coefficient (Wildman–Crippen LogP) is 4.50. The smallest absolute Gasteiger partial charge is 0.322 e. The van der Waals surface area contributed by atoms with Crippen LogP contribution in [0.4, 0.5) is 10.5 Å². The second-order valence-corrected chi connectivity index (χ2v) is 9.57. The van der Waals surface area contributed by atoms with Crippen LogP contribution in [0.25, 0.3) is 0 Å². The standard InChI is InChI=1S/C23H32ClN3O2/c1-23(2)18-4-3-17(21(23)15-18)16-27(10-9-26-11-13-29-14-12-26)22(28)25-20-7-5-19(24)6-8-20/h3,5-8,18,21H,4,9-16H2,1-2H3,(H,25,28). The Morgan fingerprint density at radius 3 is 2.66 bits per heavy atom. The van der Waals surface area contributed by atoms with Gasteiger partial charge in [0.2, 0.25) is 0 Å². The van der Waals surface area contributed by atoms with Crippen molar-refractivity contribution in [2.75, 3.05) is 51.3 Å². The Morgan fingerprint density at radius 2 is 2.00 bits per heavy atom. The summed E-state index contributed by atoms with van der Waals surface area (Å²) >= 11 is 5.98. The van der Waals surface area contributed by atoms with Crippen molar-refractivity contribution in [2.45, 2.75) is 26.7 Å². The van der Waals surface area contributed by atoms with Crippen LogP contribution in [0.5, 0.6) is 0 Å². The van der Waals surface area contributed by atoms with Gasteiger partial charge in [0.15, 0.2) is 0 Å². The fourth-order valence-corrected chi connectivity index (χ4v) is 5.08. The number of urea groups is 1. The summed E-state index contributed by atoms with van der Waals surface area (Å²) in [5.74, 6) is 1.41. The largest absolute Gasteiger partial charge is 0.379 e. The molecular formula is C23H32ClN3O2. The number of nitrogens with one attached hydrogen (secondary N) is 1. The molecule has 1 saturated heterocycles. The van der Waals surface area contributed by atoms with Gasteiger partial charge in [-0.3, -0.25) is 4.90 Å². The van der Waals surface area contributed by atoms with E-state index < -0.39 is 0 Å². The summed E-state index contributed by atoms with van der Waals surface area (Å²) in [5.41, 5.74) is 2.58. The monoisotopic (exact) mass is 417 g/mol. The van der Waals surface area contributed by atoms with Crippen molar-refractivity contribution in [2.24, 2.45) is 17.3 Å². The number of hydrogen-bond acceptors (Lipinski definition) is 3. The number of halogens is 1. The van der Waals surface area contributed by atoms with E-state index in [1.807, 2.05) is 17.0 Å². The fourth-order valence-electron chi connectivity index (χ4n) is 4.95. The number of benzene rings is 1. The van der Waals surface area contributed by atoms with Crippen LogP contribution >= 0.6 is 11.6 Å². The van der Waals surface area contributed by atoms with E-state index in [0.717, 1.165) is 50.9 Å². The van der Waals surface area contributed by atoms with Crippen LogP contribution in [-0.2, 0) is 4.74 Å². The highest BCUT2D eigenvalue weighted by Crippen LogP contribution is 2.59. The lowest BCUT2D eigenvalue weighted by molar-refractivity contribution is -0.00999. The molecule has 1 heterocycles. The lowest BCUT2D eigenvalue weighted by atomic mass is 9.49. The Morgan fingerprint density at radius 1 is 1.28 bits per heavy atom. The van der Waals surface area contributed by atoms with E-state index in [1.54, 1.807) is 12.1 Å². The highest BCUT2D eigenvalue weighted by molar-refractivity contribution is 6.30. The summed E-state index contributed by atoms with van der Waals surface area (Å²) in [4.78, 5) is 17.5. The topological polar surface area (TPSA) is 44.8 Å². The SMILES string of the molecule is CC1(C)C2CC=C(CN(CCN3CCOCC3)C(=O)Nc3ccc(Cl)cc3)C1C2. The zero-order valence-corrected chi connectivity index (χ0v) is 18.3. The molecule has 5 nitrogen and oxygen atoms in total. The minimum atomic E-state index is -0.0410. The molecule has 0 spiro atoms. The van der Waals surface area contributed by atoms with Crippen molar-refractivity contribution in [1.29, 1.82) is 0 Å². The van der Waals surface area contributed by atoms with Crippen LogP contribution in [-0.4, -0.2) is 61.8 Å². The van der Waals surface area contributed by atoms with Gasteiger partial charge in [0.05, 0.1) is 13.2 Å². The minimum Gasteiger partial charge on any atom is -0.379 e. The van der Waals surface area contributed by atoms with Crippen molar-refractivity contribution in [3.05, 3.63) is 40.9 Å². The third-order valence-electron chi connectivity index (χ3n) is 7.13. The fraction of sp³-hybridized carbons (Fsp3) is 0.609. The number of nitrogens with zero attached hydrogens (tertiary/aromatic N) is 2. The van der Waals surface area contributed by atoms with Gasteiger partial charge in [-0.1, -0.05) is 37.1 Å². The van der Waals surface area contributed by atoms with Crippen LogP contribution in [0.3, 0.4) is 0 Å². The highest BCUT2D eigenvalue weighted by Gasteiger charge is 2.51. The maximum Gasteiger partial charge on any atom is 0.322 e. The molecule has 1 saturated carbocycles. The van der Waals surface area contributed by atoms with E-state index in [1.165, 1.54) is 12.0 Å². The first-order valence-corrected chi connectivity index (χ1v) is 11.1. The number of ether oxygens (including phenoxy) is 1. The summed E-state index contributed by atoms with van der Waals surface area (Å²) in [7, 11) is 0. The number of anilines is 1.